The molecule has 1 saturated heterocycles. The molecule has 112 valence electrons. The third-order valence-electron chi connectivity index (χ3n) is 3.85. The Bertz CT molecular complexity index is 411. The molecular weight excluding hydrogens is 318 g/mol. The maximum absolute atomic E-state index is 10.3. The molecule has 2 rings (SSSR count). The van der Waals surface area contributed by atoms with Gasteiger partial charge in [0.2, 0.25) is 0 Å². The van der Waals surface area contributed by atoms with Gasteiger partial charge < -0.3 is 14.7 Å². The number of halogens is 1. The quantitative estimate of drug-likeness (QED) is 0.860. The summed E-state index contributed by atoms with van der Waals surface area (Å²) in [4.78, 5) is 2.41. The van der Waals surface area contributed by atoms with Crippen LogP contribution in [0.25, 0.3) is 0 Å². The van der Waals surface area contributed by atoms with Gasteiger partial charge in [0.15, 0.2) is 0 Å². The number of ether oxygens (including phenoxy) is 1. The van der Waals surface area contributed by atoms with Crippen molar-refractivity contribution >= 4 is 15.9 Å². The average molecular weight is 342 g/mol. The van der Waals surface area contributed by atoms with Gasteiger partial charge in [-0.05, 0) is 44.4 Å². The van der Waals surface area contributed by atoms with E-state index in [1.165, 1.54) is 6.42 Å². The van der Waals surface area contributed by atoms with Gasteiger partial charge in [0.05, 0.1) is 12.2 Å². The predicted molar refractivity (Wildman–Crippen MR) is 84.8 cm³/mol. The molecule has 1 aromatic carbocycles. The van der Waals surface area contributed by atoms with Crippen molar-refractivity contribution in [3.05, 3.63) is 34.3 Å². The van der Waals surface area contributed by atoms with Crippen LogP contribution in [0, 0.1) is 0 Å². The van der Waals surface area contributed by atoms with Crippen molar-refractivity contribution in [2.24, 2.45) is 0 Å². The SMILES string of the molecule is CCOC1CCCN(CCC(O)c2ccccc2Br)C1. The van der Waals surface area contributed by atoms with Crippen LogP contribution >= 0.6 is 15.9 Å². The predicted octanol–water partition coefficient (Wildman–Crippen LogP) is 3.37. The molecule has 0 spiro atoms. The number of likely N-dealkylation sites (tertiary alicyclic amines) is 1. The molecule has 1 N–H and O–H groups in total. The molecule has 0 radical (unpaired) electrons. The third-order valence-corrected chi connectivity index (χ3v) is 4.57. The first-order valence-corrected chi connectivity index (χ1v) is 8.26. The fraction of sp³-hybridized carbons (Fsp3) is 0.625. The summed E-state index contributed by atoms with van der Waals surface area (Å²) in [6.07, 6.45) is 3.08. The van der Waals surface area contributed by atoms with E-state index in [4.69, 9.17) is 4.74 Å². The van der Waals surface area contributed by atoms with Crippen LogP contribution in [-0.4, -0.2) is 42.4 Å². The van der Waals surface area contributed by atoms with E-state index in [0.29, 0.717) is 6.10 Å². The van der Waals surface area contributed by atoms with Gasteiger partial charge >= 0.3 is 0 Å². The second kappa shape index (κ2) is 8.13. The number of aliphatic hydroxyl groups excluding tert-OH is 1. The zero-order chi connectivity index (χ0) is 14.4. The first kappa shape index (κ1) is 16.0. The first-order chi connectivity index (χ1) is 9.70. The summed E-state index contributed by atoms with van der Waals surface area (Å²) >= 11 is 3.50. The Labute approximate surface area is 130 Å². The van der Waals surface area contributed by atoms with Crippen molar-refractivity contribution < 1.29 is 9.84 Å². The van der Waals surface area contributed by atoms with Gasteiger partial charge in [-0.3, -0.25) is 0 Å². The highest BCUT2D eigenvalue weighted by atomic mass is 79.9. The van der Waals surface area contributed by atoms with Gasteiger partial charge in [0, 0.05) is 24.2 Å². The fourth-order valence-electron chi connectivity index (χ4n) is 2.79. The van der Waals surface area contributed by atoms with Crippen LogP contribution in [0.4, 0.5) is 0 Å². The van der Waals surface area contributed by atoms with Crippen molar-refractivity contribution in [1.82, 2.24) is 4.90 Å². The Balaban J connectivity index is 1.81. The fourth-order valence-corrected chi connectivity index (χ4v) is 3.34. The van der Waals surface area contributed by atoms with Gasteiger partial charge in [-0.15, -0.1) is 0 Å². The lowest BCUT2D eigenvalue weighted by Crippen LogP contribution is -2.40. The molecular formula is C16H24BrNO2. The Morgan fingerprint density at radius 1 is 1.45 bits per heavy atom. The van der Waals surface area contributed by atoms with Gasteiger partial charge in [-0.2, -0.15) is 0 Å². The Kier molecular flexibility index (Phi) is 6.49. The largest absolute Gasteiger partial charge is 0.388 e. The van der Waals surface area contributed by atoms with E-state index in [-0.39, 0.29) is 0 Å². The monoisotopic (exact) mass is 341 g/mol. The molecule has 1 fully saturated rings. The Morgan fingerprint density at radius 2 is 2.25 bits per heavy atom. The molecule has 1 aliphatic rings. The van der Waals surface area contributed by atoms with E-state index in [9.17, 15) is 5.11 Å². The second-order valence-electron chi connectivity index (χ2n) is 5.35. The number of hydrogen-bond donors (Lipinski definition) is 1. The van der Waals surface area contributed by atoms with Gasteiger partial charge in [0.1, 0.15) is 0 Å². The molecule has 2 atom stereocenters. The van der Waals surface area contributed by atoms with Crippen LogP contribution in [0.15, 0.2) is 28.7 Å². The number of hydrogen-bond acceptors (Lipinski definition) is 3. The van der Waals surface area contributed by atoms with Crippen molar-refractivity contribution in [3.63, 3.8) is 0 Å². The lowest BCUT2D eigenvalue weighted by Gasteiger charge is -2.33. The highest BCUT2D eigenvalue weighted by Crippen LogP contribution is 2.26. The third kappa shape index (κ3) is 4.55. The summed E-state index contributed by atoms with van der Waals surface area (Å²) < 4.78 is 6.70. The normalized spacial score (nSPS) is 21.9. The van der Waals surface area contributed by atoms with Gasteiger partial charge in [-0.25, -0.2) is 0 Å². The van der Waals surface area contributed by atoms with Crippen LogP contribution in [0.3, 0.4) is 0 Å². The van der Waals surface area contributed by atoms with Crippen LogP contribution in [0.5, 0.6) is 0 Å². The van der Waals surface area contributed by atoms with E-state index in [1.807, 2.05) is 24.3 Å². The number of nitrogens with zero attached hydrogens (tertiary/aromatic N) is 1. The molecule has 0 aliphatic carbocycles. The molecule has 2 unspecified atom stereocenters. The number of rotatable bonds is 6. The van der Waals surface area contributed by atoms with Crippen molar-refractivity contribution in [3.8, 4) is 0 Å². The summed E-state index contributed by atoms with van der Waals surface area (Å²) in [5, 5.41) is 10.3. The number of benzene rings is 1. The molecule has 0 amide bonds. The lowest BCUT2D eigenvalue weighted by molar-refractivity contribution is 0.00210. The molecule has 0 aromatic heterocycles. The van der Waals surface area contributed by atoms with Crippen molar-refractivity contribution in [1.29, 1.82) is 0 Å². The summed E-state index contributed by atoms with van der Waals surface area (Å²) in [5.41, 5.74) is 0.978. The van der Waals surface area contributed by atoms with E-state index >= 15 is 0 Å². The van der Waals surface area contributed by atoms with Crippen molar-refractivity contribution in [2.45, 2.75) is 38.4 Å². The Hall–Kier alpha value is -0.420. The standard InChI is InChI=1S/C16H24BrNO2/c1-2-20-13-6-5-10-18(12-13)11-9-16(19)14-7-3-4-8-15(14)17/h3-4,7-8,13,16,19H,2,5-6,9-12H2,1H3. The van der Waals surface area contributed by atoms with Crippen LogP contribution < -0.4 is 0 Å². The zero-order valence-electron chi connectivity index (χ0n) is 12.1. The van der Waals surface area contributed by atoms with Crippen LogP contribution in [0.1, 0.15) is 37.9 Å². The maximum Gasteiger partial charge on any atom is 0.0813 e. The topological polar surface area (TPSA) is 32.7 Å². The highest BCUT2D eigenvalue weighted by molar-refractivity contribution is 9.10. The number of piperidine rings is 1. The van der Waals surface area contributed by atoms with Crippen molar-refractivity contribution in [2.75, 3.05) is 26.2 Å². The van der Waals surface area contributed by atoms with Crippen LogP contribution in [0.2, 0.25) is 0 Å². The van der Waals surface area contributed by atoms with E-state index in [0.717, 1.165) is 49.1 Å². The molecule has 0 bridgehead atoms. The molecule has 3 nitrogen and oxygen atoms in total. The molecule has 20 heavy (non-hydrogen) atoms. The summed E-state index contributed by atoms with van der Waals surface area (Å²) in [6.45, 7) is 5.88. The molecule has 4 heteroatoms. The number of aliphatic hydroxyl groups is 1. The van der Waals surface area contributed by atoms with E-state index < -0.39 is 6.10 Å². The molecule has 1 heterocycles. The first-order valence-electron chi connectivity index (χ1n) is 7.47. The summed E-state index contributed by atoms with van der Waals surface area (Å²) in [5.74, 6) is 0. The minimum absolute atomic E-state index is 0.370. The molecule has 1 aliphatic heterocycles. The maximum atomic E-state index is 10.3. The molecule has 0 saturated carbocycles. The van der Waals surface area contributed by atoms with Crippen LogP contribution in [-0.2, 0) is 4.74 Å². The van der Waals surface area contributed by atoms with E-state index in [1.54, 1.807) is 0 Å². The van der Waals surface area contributed by atoms with Gasteiger partial charge in [-0.1, -0.05) is 34.1 Å². The zero-order valence-corrected chi connectivity index (χ0v) is 13.7. The lowest BCUT2D eigenvalue weighted by atomic mass is 10.0. The minimum atomic E-state index is -0.405. The van der Waals surface area contributed by atoms with Gasteiger partial charge in [0.25, 0.3) is 0 Å². The summed E-state index contributed by atoms with van der Waals surface area (Å²) in [6, 6.07) is 7.89. The van der Waals surface area contributed by atoms with E-state index in [2.05, 4.69) is 27.8 Å². The minimum Gasteiger partial charge on any atom is -0.388 e. The Morgan fingerprint density at radius 3 is 3.00 bits per heavy atom. The molecule has 1 aromatic rings. The summed E-state index contributed by atoms with van der Waals surface area (Å²) in [7, 11) is 0. The smallest absolute Gasteiger partial charge is 0.0813 e. The highest BCUT2D eigenvalue weighted by Gasteiger charge is 2.21. The average Bonchev–Trinajstić information content (AvgIpc) is 2.46. The second-order valence-corrected chi connectivity index (χ2v) is 6.20.